The summed E-state index contributed by atoms with van der Waals surface area (Å²) in [5.74, 6) is -1.49. The van der Waals surface area contributed by atoms with Gasteiger partial charge < -0.3 is 5.11 Å². The van der Waals surface area contributed by atoms with Crippen LogP contribution in [0, 0.1) is 0 Å². The largest absolute Gasteiger partial charge is 0.478 e. The van der Waals surface area contributed by atoms with Crippen LogP contribution in [0.2, 0.25) is 5.02 Å². The molecule has 0 aromatic heterocycles. The Labute approximate surface area is 123 Å². The third-order valence-electron chi connectivity index (χ3n) is 2.56. The molecule has 0 radical (unpaired) electrons. The molecular formula is C14H8BrClO3. The van der Waals surface area contributed by atoms with Crippen molar-refractivity contribution in [2.45, 2.75) is 0 Å². The third-order valence-corrected chi connectivity index (χ3v) is 3.31. The van der Waals surface area contributed by atoms with E-state index in [1.165, 1.54) is 12.1 Å². The predicted octanol–water partition coefficient (Wildman–Crippen LogP) is 4.03. The number of benzene rings is 2. The summed E-state index contributed by atoms with van der Waals surface area (Å²) in [5.41, 5.74) is 0.515. The normalized spacial score (nSPS) is 10.2. The van der Waals surface area contributed by atoms with E-state index in [0.717, 1.165) is 0 Å². The number of carbonyl (C=O) groups is 2. The van der Waals surface area contributed by atoms with Gasteiger partial charge in [0.25, 0.3) is 0 Å². The number of carboxylic acids is 1. The number of hydrogen-bond acceptors (Lipinski definition) is 2. The van der Waals surface area contributed by atoms with Crippen LogP contribution in [0.4, 0.5) is 0 Å². The molecule has 0 aliphatic heterocycles. The minimum absolute atomic E-state index is 0.0330. The SMILES string of the molecule is O=C(O)c1cc(Br)ccc1C(=O)c1ccc(Cl)cc1. The molecule has 0 aliphatic carbocycles. The van der Waals surface area contributed by atoms with Gasteiger partial charge in [0, 0.05) is 20.6 Å². The van der Waals surface area contributed by atoms with Gasteiger partial charge in [-0.05, 0) is 42.5 Å². The molecule has 2 aromatic rings. The molecule has 0 heterocycles. The van der Waals surface area contributed by atoms with E-state index in [0.29, 0.717) is 15.1 Å². The number of carboxylic acid groups (broad SMARTS) is 1. The van der Waals surface area contributed by atoms with Gasteiger partial charge in [-0.3, -0.25) is 4.79 Å². The van der Waals surface area contributed by atoms with Crippen molar-refractivity contribution in [1.82, 2.24) is 0 Å². The molecule has 0 aliphatic rings. The molecule has 5 heteroatoms. The predicted molar refractivity (Wildman–Crippen MR) is 76.0 cm³/mol. The van der Waals surface area contributed by atoms with Gasteiger partial charge in [0.2, 0.25) is 0 Å². The van der Waals surface area contributed by atoms with Crippen molar-refractivity contribution in [3.8, 4) is 0 Å². The van der Waals surface area contributed by atoms with Crippen LogP contribution >= 0.6 is 27.5 Å². The number of halogens is 2. The molecule has 0 spiro atoms. The Balaban J connectivity index is 2.49. The van der Waals surface area contributed by atoms with Crippen LogP contribution < -0.4 is 0 Å². The fourth-order valence-electron chi connectivity index (χ4n) is 1.65. The zero-order valence-electron chi connectivity index (χ0n) is 9.56. The molecule has 2 aromatic carbocycles. The highest BCUT2D eigenvalue weighted by Gasteiger charge is 2.18. The van der Waals surface area contributed by atoms with Gasteiger partial charge in [0.1, 0.15) is 0 Å². The van der Waals surface area contributed by atoms with Crippen LogP contribution in [0.25, 0.3) is 0 Å². The lowest BCUT2D eigenvalue weighted by Crippen LogP contribution is -2.09. The maximum atomic E-state index is 12.3. The van der Waals surface area contributed by atoms with Gasteiger partial charge in [-0.2, -0.15) is 0 Å². The van der Waals surface area contributed by atoms with Crippen LogP contribution in [0.1, 0.15) is 26.3 Å². The maximum absolute atomic E-state index is 12.3. The van der Waals surface area contributed by atoms with Crippen molar-refractivity contribution in [1.29, 1.82) is 0 Å². The summed E-state index contributed by atoms with van der Waals surface area (Å²) < 4.78 is 0.609. The highest BCUT2D eigenvalue weighted by atomic mass is 79.9. The van der Waals surface area contributed by atoms with E-state index in [1.54, 1.807) is 30.3 Å². The summed E-state index contributed by atoms with van der Waals surface area (Å²) in [6, 6.07) is 10.9. The van der Waals surface area contributed by atoms with Gasteiger partial charge in [-0.15, -0.1) is 0 Å². The van der Waals surface area contributed by atoms with Gasteiger partial charge in [0.05, 0.1) is 5.56 Å². The minimum Gasteiger partial charge on any atom is -0.478 e. The molecule has 0 fully saturated rings. The molecule has 1 N–H and O–H groups in total. The van der Waals surface area contributed by atoms with Crippen LogP contribution in [-0.4, -0.2) is 16.9 Å². The Morgan fingerprint density at radius 3 is 2.21 bits per heavy atom. The first-order valence-corrected chi connectivity index (χ1v) is 6.49. The Kier molecular flexibility index (Phi) is 4.02. The molecule has 96 valence electrons. The molecule has 0 bridgehead atoms. The number of ketones is 1. The van der Waals surface area contributed by atoms with Crippen molar-refractivity contribution in [3.05, 3.63) is 68.7 Å². The number of aromatic carboxylic acids is 1. The van der Waals surface area contributed by atoms with E-state index in [2.05, 4.69) is 15.9 Å². The second-order valence-electron chi connectivity index (χ2n) is 3.83. The molecular weight excluding hydrogens is 332 g/mol. The summed E-state index contributed by atoms with van der Waals surface area (Å²) in [7, 11) is 0. The number of hydrogen-bond donors (Lipinski definition) is 1. The first-order chi connectivity index (χ1) is 8.99. The van der Waals surface area contributed by atoms with Gasteiger partial charge in [-0.25, -0.2) is 4.79 Å². The van der Waals surface area contributed by atoms with Gasteiger partial charge >= 0.3 is 5.97 Å². The third kappa shape index (κ3) is 3.03. The fourth-order valence-corrected chi connectivity index (χ4v) is 2.14. The van der Waals surface area contributed by atoms with E-state index in [1.807, 2.05) is 0 Å². The van der Waals surface area contributed by atoms with Crippen molar-refractivity contribution < 1.29 is 14.7 Å². The van der Waals surface area contributed by atoms with Gasteiger partial charge in [0.15, 0.2) is 5.78 Å². The summed E-state index contributed by atoms with van der Waals surface area (Å²) in [6.07, 6.45) is 0. The summed E-state index contributed by atoms with van der Waals surface area (Å²) in [6.45, 7) is 0. The van der Waals surface area contributed by atoms with E-state index in [-0.39, 0.29) is 16.9 Å². The van der Waals surface area contributed by atoms with Crippen molar-refractivity contribution in [2.24, 2.45) is 0 Å². The Hall–Kier alpha value is -1.65. The molecule has 0 saturated carbocycles. The van der Waals surface area contributed by atoms with Crippen molar-refractivity contribution >= 4 is 39.3 Å². The first-order valence-electron chi connectivity index (χ1n) is 5.32. The lowest BCUT2D eigenvalue weighted by molar-refractivity contribution is 0.0692. The second-order valence-corrected chi connectivity index (χ2v) is 5.18. The Bertz CT molecular complexity index is 650. The average Bonchev–Trinajstić information content (AvgIpc) is 2.38. The summed E-state index contributed by atoms with van der Waals surface area (Å²) in [5, 5.41) is 9.66. The molecule has 0 unspecified atom stereocenters. The zero-order valence-corrected chi connectivity index (χ0v) is 11.9. The zero-order chi connectivity index (χ0) is 14.0. The second kappa shape index (κ2) is 5.55. The molecule has 0 saturated heterocycles. The Morgan fingerprint density at radius 1 is 1.00 bits per heavy atom. The molecule has 2 rings (SSSR count). The van der Waals surface area contributed by atoms with E-state index >= 15 is 0 Å². The maximum Gasteiger partial charge on any atom is 0.336 e. The highest BCUT2D eigenvalue weighted by molar-refractivity contribution is 9.10. The van der Waals surface area contributed by atoms with E-state index < -0.39 is 5.97 Å². The average molecular weight is 340 g/mol. The molecule has 0 amide bonds. The standard InChI is InChI=1S/C14H8BrClO3/c15-9-3-6-11(12(7-9)14(18)19)13(17)8-1-4-10(16)5-2-8/h1-7H,(H,18,19). The van der Waals surface area contributed by atoms with Crippen LogP contribution in [0.3, 0.4) is 0 Å². The van der Waals surface area contributed by atoms with Crippen LogP contribution in [-0.2, 0) is 0 Å². The fraction of sp³-hybridized carbons (Fsp3) is 0. The first kappa shape index (κ1) is 13.8. The highest BCUT2D eigenvalue weighted by Crippen LogP contribution is 2.20. The van der Waals surface area contributed by atoms with E-state index in [4.69, 9.17) is 16.7 Å². The quantitative estimate of drug-likeness (QED) is 0.859. The monoisotopic (exact) mass is 338 g/mol. The smallest absolute Gasteiger partial charge is 0.336 e. The lowest BCUT2D eigenvalue weighted by Gasteiger charge is -2.06. The minimum atomic E-state index is -1.14. The summed E-state index contributed by atoms with van der Waals surface area (Å²) in [4.78, 5) is 23.4. The molecule has 0 atom stereocenters. The van der Waals surface area contributed by atoms with E-state index in [9.17, 15) is 9.59 Å². The Morgan fingerprint density at radius 2 is 1.63 bits per heavy atom. The number of carbonyl (C=O) groups excluding carboxylic acids is 1. The topological polar surface area (TPSA) is 54.4 Å². The number of rotatable bonds is 3. The lowest BCUT2D eigenvalue weighted by atomic mass is 9.98. The molecule has 19 heavy (non-hydrogen) atoms. The summed E-state index contributed by atoms with van der Waals surface area (Å²) >= 11 is 8.94. The molecule has 3 nitrogen and oxygen atoms in total. The van der Waals surface area contributed by atoms with Crippen molar-refractivity contribution in [2.75, 3.05) is 0 Å². The van der Waals surface area contributed by atoms with Crippen LogP contribution in [0.15, 0.2) is 46.9 Å². The van der Waals surface area contributed by atoms with Gasteiger partial charge in [-0.1, -0.05) is 27.5 Å². The van der Waals surface area contributed by atoms with Crippen molar-refractivity contribution in [3.63, 3.8) is 0 Å². The van der Waals surface area contributed by atoms with Crippen LogP contribution in [0.5, 0.6) is 0 Å².